The number of hydrogen-bond acceptors (Lipinski definition) is 5. The molecule has 0 aliphatic heterocycles. The third kappa shape index (κ3) is 5.17. The molecule has 2 aromatic rings. The van der Waals surface area contributed by atoms with E-state index in [1.165, 1.54) is 30.0 Å². The van der Waals surface area contributed by atoms with Crippen molar-refractivity contribution in [2.45, 2.75) is 30.7 Å². The molecule has 2 aromatic carbocycles. The molecule has 0 atom stereocenters. The summed E-state index contributed by atoms with van der Waals surface area (Å²) in [5, 5.41) is 11.0. The lowest BCUT2D eigenvalue weighted by Crippen LogP contribution is -2.05. The second-order valence-electron chi connectivity index (χ2n) is 6.16. The number of hydrogen-bond donors (Lipinski definition) is 0. The molecule has 1 aliphatic rings. The summed E-state index contributed by atoms with van der Waals surface area (Å²) in [7, 11) is 0. The van der Waals surface area contributed by atoms with Crippen molar-refractivity contribution in [3.05, 3.63) is 62.7 Å². The standard InChI is InChI=1S/C18H13ClF3NO4S/c19-14-9-11(18(20,21)22)1-6-16(14)27-12-2-5-15(23(25)26)10(7-12)8-17(24)28-13-3-4-13/h1-2,5-7,9,13H,3-4,8H2. The molecule has 0 aromatic heterocycles. The lowest BCUT2D eigenvalue weighted by molar-refractivity contribution is -0.385. The molecule has 0 saturated heterocycles. The number of rotatable bonds is 6. The first-order valence-electron chi connectivity index (χ1n) is 8.15. The first kappa shape index (κ1) is 20.5. The van der Waals surface area contributed by atoms with Crippen LogP contribution < -0.4 is 4.74 Å². The molecule has 1 saturated carbocycles. The molecule has 0 heterocycles. The molecule has 0 amide bonds. The molecule has 5 nitrogen and oxygen atoms in total. The van der Waals surface area contributed by atoms with Crippen molar-refractivity contribution in [1.82, 2.24) is 0 Å². The first-order valence-corrected chi connectivity index (χ1v) is 9.40. The maximum atomic E-state index is 12.7. The lowest BCUT2D eigenvalue weighted by Gasteiger charge is -2.12. The van der Waals surface area contributed by atoms with Gasteiger partial charge >= 0.3 is 6.18 Å². The van der Waals surface area contributed by atoms with Gasteiger partial charge in [-0.05, 0) is 43.2 Å². The van der Waals surface area contributed by atoms with Gasteiger partial charge < -0.3 is 4.74 Å². The van der Waals surface area contributed by atoms with Crippen LogP contribution in [0.1, 0.15) is 24.0 Å². The Kier molecular flexibility index (Phi) is 5.85. The van der Waals surface area contributed by atoms with E-state index in [2.05, 4.69) is 0 Å². The molecule has 0 spiro atoms. The van der Waals surface area contributed by atoms with Crippen molar-refractivity contribution in [2.75, 3.05) is 0 Å². The molecular formula is C18H13ClF3NO4S. The summed E-state index contributed by atoms with van der Waals surface area (Å²) >= 11 is 7.03. The highest BCUT2D eigenvalue weighted by atomic mass is 35.5. The minimum atomic E-state index is -4.54. The molecule has 0 N–H and O–H groups in total. The summed E-state index contributed by atoms with van der Waals surface area (Å²) < 4.78 is 43.6. The summed E-state index contributed by atoms with van der Waals surface area (Å²) in [6.45, 7) is 0. The molecule has 28 heavy (non-hydrogen) atoms. The van der Waals surface area contributed by atoms with Crippen LogP contribution in [0.25, 0.3) is 0 Å². The first-order chi connectivity index (χ1) is 13.1. The number of ether oxygens (including phenoxy) is 1. The van der Waals surface area contributed by atoms with Crippen LogP contribution in [0.5, 0.6) is 11.5 Å². The van der Waals surface area contributed by atoms with Crippen molar-refractivity contribution < 1.29 is 27.6 Å². The minimum Gasteiger partial charge on any atom is -0.456 e. The molecular weight excluding hydrogens is 419 g/mol. The van der Waals surface area contributed by atoms with Gasteiger partial charge in [0, 0.05) is 23.3 Å². The predicted octanol–water partition coefficient (Wildman–Crippen LogP) is 6.02. The largest absolute Gasteiger partial charge is 0.456 e. The van der Waals surface area contributed by atoms with E-state index in [1.807, 2.05) is 0 Å². The molecule has 0 unspecified atom stereocenters. The van der Waals surface area contributed by atoms with Crippen molar-refractivity contribution in [2.24, 2.45) is 0 Å². The molecule has 3 rings (SSSR count). The van der Waals surface area contributed by atoms with E-state index in [0.29, 0.717) is 0 Å². The van der Waals surface area contributed by atoms with Gasteiger partial charge in [0.05, 0.1) is 15.5 Å². The van der Waals surface area contributed by atoms with Gasteiger partial charge in [-0.25, -0.2) is 0 Å². The summed E-state index contributed by atoms with van der Waals surface area (Å²) in [6, 6.07) is 6.45. The minimum absolute atomic E-state index is 0.0341. The molecule has 0 radical (unpaired) electrons. The van der Waals surface area contributed by atoms with Crippen LogP contribution in [0.3, 0.4) is 0 Å². The maximum Gasteiger partial charge on any atom is 0.416 e. The number of nitro benzene ring substituents is 1. The molecule has 0 bridgehead atoms. The third-order valence-electron chi connectivity index (χ3n) is 3.89. The predicted molar refractivity (Wildman–Crippen MR) is 98.9 cm³/mol. The second kappa shape index (κ2) is 8.00. The number of carbonyl (C=O) groups is 1. The molecule has 1 fully saturated rings. The maximum absolute atomic E-state index is 12.7. The van der Waals surface area contributed by atoms with E-state index in [-0.39, 0.29) is 44.6 Å². The van der Waals surface area contributed by atoms with E-state index in [0.717, 1.165) is 31.0 Å². The van der Waals surface area contributed by atoms with E-state index in [4.69, 9.17) is 16.3 Å². The summed E-state index contributed by atoms with van der Waals surface area (Å²) in [5.41, 5.74) is -0.976. The third-order valence-corrected chi connectivity index (χ3v) is 5.40. The Morgan fingerprint density at radius 2 is 1.96 bits per heavy atom. The monoisotopic (exact) mass is 431 g/mol. The fourth-order valence-corrected chi connectivity index (χ4v) is 3.60. The highest BCUT2D eigenvalue weighted by Gasteiger charge is 2.31. The van der Waals surface area contributed by atoms with E-state index >= 15 is 0 Å². The Balaban J connectivity index is 1.83. The van der Waals surface area contributed by atoms with Gasteiger partial charge in [-0.3, -0.25) is 14.9 Å². The molecule has 10 heteroatoms. The average molecular weight is 432 g/mol. The van der Waals surface area contributed by atoms with Crippen molar-refractivity contribution in [1.29, 1.82) is 0 Å². The van der Waals surface area contributed by atoms with Gasteiger partial charge in [0.25, 0.3) is 5.69 Å². The Labute approximate surface area is 167 Å². The number of benzene rings is 2. The van der Waals surface area contributed by atoms with Crippen molar-refractivity contribution >= 4 is 34.2 Å². The topological polar surface area (TPSA) is 69.4 Å². The highest BCUT2D eigenvalue weighted by molar-refractivity contribution is 8.14. The highest BCUT2D eigenvalue weighted by Crippen LogP contribution is 2.38. The quantitative estimate of drug-likeness (QED) is 0.413. The van der Waals surface area contributed by atoms with Gasteiger partial charge in [-0.15, -0.1) is 0 Å². The smallest absolute Gasteiger partial charge is 0.416 e. The van der Waals surface area contributed by atoms with Crippen LogP contribution in [0.4, 0.5) is 18.9 Å². The summed E-state index contributed by atoms with van der Waals surface area (Å²) in [4.78, 5) is 22.7. The molecule has 148 valence electrons. The van der Waals surface area contributed by atoms with Crippen LogP contribution in [0.2, 0.25) is 5.02 Å². The zero-order chi connectivity index (χ0) is 20.5. The second-order valence-corrected chi connectivity index (χ2v) is 7.92. The number of thioether (sulfide) groups is 1. The van der Waals surface area contributed by atoms with Crippen LogP contribution in [-0.4, -0.2) is 15.3 Å². The average Bonchev–Trinajstić information content (AvgIpc) is 3.39. The number of nitro groups is 1. The SMILES string of the molecule is O=C(Cc1cc(Oc2ccc(C(F)(F)F)cc2Cl)ccc1[N+](=O)[O-])SC1CC1. The summed E-state index contributed by atoms with van der Waals surface area (Å²) in [5.74, 6) is 0.0969. The van der Waals surface area contributed by atoms with Crippen LogP contribution in [0.15, 0.2) is 36.4 Å². The number of halogens is 4. The lowest BCUT2D eigenvalue weighted by atomic mass is 10.1. The van der Waals surface area contributed by atoms with Gasteiger partial charge in [-0.2, -0.15) is 13.2 Å². The van der Waals surface area contributed by atoms with Crippen molar-refractivity contribution in [3.8, 4) is 11.5 Å². The molecule has 1 aliphatic carbocycles. The Morgan fingerprint density at radius 1 is 1.25 bits per heavy atom. The van der Waals surface area contributed by atoms with Gasteiger partial charge in [0.2, 0.25) is 0 Å². The van der Waals surface area contributed by atoms with E-state index < -0.39 is 16.7 Å². The zero-order valence-corrected chi connectivity index (χ0v) is 15.7. The number of carbonyl (C=O) groups excluding carboxylic acids is 1. The van der Waals surface area contributed by atoms with E-state index in [1.54, 1.807) is 0 Å². The van der Waals surface area contributed by atoms with Crippen LogP contribution in [0, 0.1) is 10.1 Å². The fourth-order valence-electron chi connectivity index (χ4n) is 2.40. The van der Waals surface area contributed by atoms with Crippen molar-refractivity contribution in [3.63, 3.8) is 0 Å². The normalized spacial score (nSPS) is 14.0. The van der Waals surface area contributed by atoms with Gasteiger partial charge in [0.15, 0.2) is 5.12 Å². The number of nitrogens with zero attached hydrogens (tertiary/aromatic N) is 1. The Bertz CT molecular complexity index is 932. The van der Waals surface area contributed by atoms with Gasteiger partial charge in [0.1, 0.15) is 11.5 Å². The van der Waals surface area contributed by atoms with E-state index in [9.17, 15) is 28.1 Å². The fraction of sp³-hybridized carbons (Fsp3) is 0.278. The van der Waals surface area contributed by atoms with Gasteiger partial charge in [-0.1, -0.05) is 23.4 Å². The number of alkyl halides is 3. The Hall–Kier alpha value is -2.26. The summed E-state index contributed by atoms with van der Waals surface area (Å²) in [6.07, 6.45) is -2.78. The Morgan fingerprint density at radius 3 is 2.54 bits per heavy atom. The van der Waals surface area contributed by atoms with Crippen LogP contribution >= 0.6 is 23.4 Å². The zero-order valence-electron chi connectivity index (χ0n) is 14.2. The van der Waals surface area contributed by atoms with Crippen LogP contribution in [-0.2, 0) is 17.4 Å².